The molecule has 0 spiro atoms. The molecule has 3 heterocycles. The van der Waals surface area contributed by atoms with Gasteiger partial charge in [-0.05, 0) is 57.0 Å². The first-order valence-electron chi connectivity index (χ1n) is 11.3. The van der Waals surface area contributed by atoms with Crippen LogP contribution in [0.2, 0.25) is 0 Å². The number of nitrogens with one attached hydrogen (secondary N) is 1. The van der Waals surface area contributed by atoms with Gasteiger partial charge in [0.1, 0.15) is 5.01 Å². The molecule has 0 bridgehead atoms. The van der Waals surface area contributed by atoms with Crippen LogP contribution in [0.1, 0.15) is 53.5 Å². The van der Waals surface area contributed by atoms with E-state index in [4.69, 9.17) is 10.7 Å². The number of amides is 1. The van der Waals surface area contributed by atoms with E-state index in [1.807, 2.05) is 17.6 Å². The smallest absolute Gasteiger partial charge is 0.250 e. The van der Waals surface area contributed by atoms with Crippen molar-refractivity contribution in [1.29, 1.82) is 0 Å². The fourth-order valence-electron chi connectivity index (χ4n) is 4.42. The summed E-state index contributed by atoms with van der Waals surface area (Å²) in [5, 5.41) is 4.00. The number of aromatic nitrogens is 2. The number of carbonyl (C=O) groups excluding carboxylic acids is 1. The molecule has 2 aromatic heterocycles. The standard InChI is InChI=1S/C23H31N5O3S2/c1-4-27(3)13-21-26-20(14-32-21)16-10-17-19(12-25-22(17)18(11-16)23(24)29)15-6-8-28(9-7-15)33(30,31)5-2/h10-12,14-15,25H,4-9,13H2,1-3H3,(H2,24,29). The van der Waals surface area contributed by atoms with Gasteiger partial charge in [-0.3, -0.25) is 9.69 Å². The Morgan fingerprint density at radius 2 is 2.03 bits per heavy atom. The number of carbonyl (C=O) groups is 1. The van der Waals surface area contributed by atoms with Crippen molar-refractivity contribution in [3.05, 3.63) is 39.8 Å². The fraction of sp³-hybridized carbons (Fsp3) is 0.478. The second-order valence-corrected chi connectivity index (χ2v) is 11.8. The maximum atomic E-state index is 12.3. The molecule has 1 fully saturated rings. The van der Waals surface area contributed by atoms with Crippen LogP contribution in [0, 0.1) is 0 Å². The average Bonchev–Trinajstić information content (AvgIpc) is 3.45. The molecule has 3 aromatic rings. The first-order valence-corrected chi connectivity index (χ1v) is 13.8. The second-order valence-electron chi connectivity index (χ2n) is 8.59. The lowest BCUT2D eigenvalue weighted by molar-refractivity contribution is 0.100. The summed E-state index contributed by atoms with van der Waals surface area (Å²) in [5.74, 6) is -0.151. The summed E-state index contributed by atoms with van der Waals surface area (Å²) < 4.78 is 26.0. The Morgan fingerprint density at radius 3 is 2.67 bits per heavy atom. The third-order valence-corrected chi connectivity index (χ3v) is 9.25. The third-order valence-electron chi connectivity index (χ3n) is 6.53. The summed E-state index contributed by atoms with van der Waals surface area (Å²) in [7, 11) is -1.11. The van der Waals surface area contributed by atoms with Crippen molar-refractivity contribution >= 4 is 38.2 Å². The molecule has 33 heavy (non-hydrogen) atoms. The van der Waals surface area contributed by atoms with Crippen molar-refractivity contribution in [2.75, 3.05) is 32.4 Å². The van der Waals surface area contributed by atoms with Gasteiger partial charge in [0.2, 0.25) is 10.0 Å². The van der Waals surface area contributed by atoms with Gasteiger partial charge in [-0.1, -0.05) is 6.92 Å². The van der Waals surface area contributed by atoms with Crippen LogP contribution in [-0.2, 0) is 16.6 Å². The number of hydrogen-bond donors (Lipinski definition) is 2. The Hall–Kier alpha value is -2.27. The number of fused-ring (bicyclic) bond motifs is 1. The molecule has 8 nitrogen and oxygen atoms in total. The minimum atomic E-state index is -3.17. The van der Waals surface area contributed by atoms with Crippen LogP contribution in [0.4, 0.5) is 0 Å². The molecule has 10 heteroatoms. The number of piperidine rings is 1. The van der Waals surface area contributed by atoms with E-state index in [2.05, 4.69) is 29.9 Å². The van der Waals surface area contributed by atoms with E-state index in [0.717, 1.165) is 58.7 Å². The molecule has 1 aromatic carbocycles. The van der Waals surface area contributed by atoms with Crippen LogP contribution in [0.25, 0.3) is 22.2 Å². The maximum Gasteiger partial charge on any atom is 0.250 e. The minimum Gasteiger partial charge on any atom is -0.366 e. The monoisotopic (exact) mass is 489 g/mol. The van der Waals surface area contributed by atoms with Crippen LogP contribution in [0.3, 0.4) is 0 Å². The van der Waals surface area contributed by atoms with Crippen molar-refractivity contribution in [2.24, 2.45) is 5.73 Å². The highest BCUT2D eigenvalue weighted by molar-refractivity contribution is 7.89. The third kappa shape index (κ3) is 4.84. The molecule has 1 aliphatic heterocycles. The van der Waals surface area contributed by atoms with Gasteiger partial charge in [-0.15, -0.1) is 11.3 Å². The Balaban J connectivity index is 1.68. The normalized spacial score (nSPS) is 16.1. The zero-order valence-electron chi connectivity index (χ0n) is 19.3. The number of aromatic amines is 1. The van der Waals surface area contributed by atoms with Gasteiger partial charge < -0.3 is 10.7 Å². The zero-order valence-corrected chi connectivity index (χ0v) is 20.9. The molecule has 3 N–H and O–H groups in total. The number of nitrogens with two attached hydrogens (primary N) is 1. The van der Waals surface area contributed by atoms with Gasteiger partial charge in [0.25, 0.3) is 5.91 Å². The van der Waals surface area contributed by atoms with Crippen LogP contribution >= 0.6 is 11.3 Å². The van der Waals surface area contributed by atoms with E-state index in [0.29, 0.717) is 18.7 Å². The van der Waals surface area contributed by atoms with E-state index in [9.17, 15) is 13.2 Å². The Labute approximate surface area is 198 Å². The Morgan fingerprint density at radius 1 is 1.30 bits per heavy atom. The summed E-state index contributed by atoms with van der Waals surface area (Å²) in [5.41, 5.74) is 9.70. The summed E-state index contributed by atoms with van der Waals surface area (Å²) in [6.45, 7) is 6.53. The predicted molar refractivity (Wildman–Crippen MR) is 133 cm³/mol. The molecular formula is C23H31N5O3S2. The summed E-state index contributed by atoms with van der Waals surface area (Å²) in [6, 6.07) is 3.88. The van der Waals surface area contributed by atoms with Crippen molar-refractivity contribution < 1.29 is 13.2 Å². The molecule has 0 aliphatic carbocycles. The maximum absolute atomic E-state index is 12.3. The lowest BCUT2D eigenvalue weighted by atomic mass is 9.89. The van der Waals surface area contributed by atoms with Crippen LogP contribution < -0.4 is 5.73 Å². The molecular weight excluding hydrogens is 458 g/mol. The number of primary amides is 1. The highest BCUT2D eigenvalue weighted by Gasteiger charge is 2.29. The Bertz CT molecular complexity index is 1260. The first kappa shape index (κ1) is 23.9. The average molecular weight is 490 g/mol. The fourth-order valence-corrected chi connectivity index (χ4v) is 6.43. The lowest BCUT2D eigenvalue weighted by Gasteiger charge is -2.31. The van der Waals surface area contributed by atoms with Crippen LogP contribution in [0.5, 0.6) is 0 Å². The summed E-state index contributed by atoms with van der Waals surface area (Å²) >= 11 is 1.61. The molecule has 0 atom stereocenters. The largest absolute Gasteiger partial charge is 0.366 e. The molecule has 0 unspecified atom stereocenters. The van der Waals surface area contributed by atoms with Crippen molar-refractivity contribution in [2.45, 2.75) is 39.2 Å². The van der Waals surface area contributed by atoms with Gasteiger partial charge in [0.05, 0.1) is 29.1 Å². The number of thiazole rings is 1. The zero-order chi connectivity index (χ0) is 23.8. The van der Waals surface area contributed by atoms with E-state index in [1.165, 1.54) is 0 Å². The molecule has 1 saturated heterocycles. The summed E-state index contributed by atoms with van der Waals surface area (Å²) in [6.07, 6.45) is 3.43. The van der Waals surface area contributed by atoms with Gasteiger partial charge in [-0.25, -0.2) is 17.7 Å². The van der Waals surface area contributed by atoms with Crippen molar-refractivity contribution in [3.63, 3.8) is 0 Å². The highest BCUT2D eigenvalue weighted by atomic mass is 32.2. The quantitative estimate of drug-likeness (QED) is 0.504. The van der Waals surface area contributed by atoms with Gasteiger partial charge in [0, 0.05) is 35.6 Å². The topological polar surface area (TPSA) is 112 Å². The Kier molecular flexibility index (Phi) is 6.90. The SMILES string of the molecule is CCN(C)Cc1nc(-c2cc(C(N)=O)c3[nH]cc(C4CCN(S(=O)(=O)CC)CC4)c3c2)cs1. The van der Waals surface area contributed by atoms with Gasteiger partial charge in [-0.2, -0.15) is 0 Å². The number of H-pyrrole nitrogens is 1. The minimum absolute atomic E-state index is 0.125. The molecule has 178 valence electrons. The highest BCUT2D eigenvalue weighted by Crippen LogP contribution is 2.37. The van der Waals surface area contributed by atoms with Gasteiger partial charge in [0.15, 0.2) is 0 Å². The predicted octanol–water partition coefficient (Wildman–Crippen LogP) is 3.37. The lowest BCUT2D eigenvalue weighted by Crippen LogP contribution is -2.38. The van der Waals surface area contributed by atoms with Crippen molar-refractivity contribution in [3.8, 4) is 11.3 Å². The van der Waals surface area contributed by atoms with E-state index in [1.54, 1.807) is 22.6 Å². The van der Waals surface area contributed by atoms with Gasteiger partial charge >= 0.3 is 0 Å². The van der Waals surface area contributed by atoms with E-state index in [-0.39, 0.29) is 11.7 Å². The van der Waals surface area contributed by atoms with Crippen LogP contribution in [0.15, 0.2) is 23.7 Å². The molecule has 1 amide bonds. The number of nitrogens with zero attached hydrogens (tertiary/aromatic N) is 3. The van der Waals surface area contributed by atoms with E-state index < -0.39 is 15.9 Å². The molecule has 4 rings (SSSR count). The van der Waals surface area contributed by atoms with Crippen LogP contribution in [-0.4, -0.2) is 65.9 Å². The molecule has 0 saturated carbocycles. The number of sulfonamides is 1. The second kappa shape index (κ2) is 9.54. The first-order chi connectivity index (χ1) is 15.7. The van der Waals surface area contributed by atoms with Crippen molar-refractivity contribution in [1.82, 2.24) is 19.2 Å². The molecule has 1 aliphatic rings. The molecule has 0 radical (unpaired) electrons. The number of benzene rings is 1. The number of hydrogen-bond acceptors (Lipinski definition) is 6. The summed E-state index contributed by atoms with van der Waals surface area (Å²) in [4.78, 5) is 22.5. The number of rotatable bonds is 8. The van der Waals surface area contributed by atoms with E-state index >= 15 is 0 Å².